The van der Waals surface area contributed by atoms with Gasteiger partial charge in [0.15, 0.2) is 0 Å². The van der Waals surface area contributed by atoms with E-state index in [0.29, 0.717) is 31.6 Å². The van der Waals surface area contributed by atoms with E-state index < -0.39 is 16.7 Å². The summed E-state index contributed by atoms with van der Waals surface area (Å²) in [5.41, 5.74) is 0.495. The Morgan fingerprint density at radius 1 is 1.08 bits per heavy atom. The zero-order chi connectivity index (χ0) is 27.6. The maximum absolute atomic E-state index is 13.8. The smallest absolute Gasteiger partial charge is 0.270 e. The quantitative estimate of drug-likeness (QED) is 0.444. The van der Waals surface area contributed by atoms with Crippen molar-refractivity contribution in [3.05, 3.63) is 75.3 Å². The highest BCUT2D eigenvalue weighted by Gasteiger charge is 2.54. The van der Waals surface area contributed by atoms with Crippen LogP contribution in [0.15, 0.2) is 48.5 Å². The molecule has 206 valence electrons. The molecule has 3 aliphatic heterocycles. The van der Waals surface area contributed by atoms with Crippen molar-refractivity contribution in [1.29, 1.82) is 0 Å². The monoisotopic (exact) mass is 536 g/mol. The molecule has 3 saturated heterocycles. The molecule has 5 rings (SSSR count). The third-order valence-corrected chi connectivity index (χ3v) is 7.74. The summed E-state index contributed by atoms with van der Waals surface area (Å²) in [7, 11) is 0. The van der Waals surface area contributed by atoms with Crippen LogP contribution >= 0.6 is 0 Å². The van der Waals surface area contributed by atoms with E-state index in [-0.39, 0.29) is 54.8 Å². The fourth-order valence-corrected chi connectivity index (χ4v) is 5.53. The van der Waals surface area contributed by atoms with Gasteiger partial charge in [-0.15, -0.1) is 0 Å². The number of nitro groups is 1. The van der Waals surface area contributed by atoms with E-state index in [1.165, 1.54) is 18.2 Å². The Kier molecular flexibility index (Phi) is 7.62. The largest absolute Gasteiger partial charge is 0.376 e. The summed E-state index contributed by atoms with van der Waals surface area (Å²) in [5.74, 6) is -0.921. The highest BCUT2D eigenvalue weighted by atomic mass is 16.6. The lowest BCUT2D eigenvalue weighted by Gasteiger charge is -2.44. The van der Waals surface area contributed by atoms with Crippen molar-refractivity contribution in [2.75, 3.05) is 32.8 Å². The van der Waals surface area contributed by atoms with E-state index in [0.717, 1.165) is 18.4 Å². The molecule has 3 aliphatic rings. The molecule has 0 aliphatic carbocycles. The Morgan fingerprint density at radius 2 is 1.82 bits per heavy atom. The zero-order valence-electron chi connectivity index (χ0n) is 21.8. The van der Waals surface area contributed by atoms with E-state index in [4.69, 9.17) is 9.47 Å². The van der Waals surface area contributed by atoms with Crippen molar-refractivity contribution < 1.29 is 28.8 Å². The van der Waals surface area contributed by atoms with Crippen molar-refractivity contribution in [1.82, 2.24) is 15.1 Å². The number of nitrogens with one attached hydrogen (secondary N) is 1. The molecule has 1 spiro atoms. The molecule has 3 fully saturated rings. The predicted octanol–water partition coefficient (Wildman–Crippen LogP) is 2.67. The van der Waals surface area contributed by atoms with Gasteiger partial charge in [0.05, 0.1) is 17.6 Å². The molecule has 11 heteroatoms. The van der Waals surface area contributed by atoms with Crippen molar-refractivity contribution in [3.63, 3.8) is 0 Å². The van der Waals surface area contributed by atoms with Gasteiger partial charge in [-0.25, -0.2) is 0 Å². The molecule has 2 aromatic carbocycles. The van der Waals surface area contributed by atoms with E-state index in [2.05, 4.69) is 5.32 Å². The van der Waals surface area contributed by atoms with Gasteiger partial charge in [0.25, 0.3) is 17.5 Å². The first-order chi connectivity index (χ1) is 18.8. The number of carbonyl (C=O) groups is 3. The van der Waals surface area contributed by atoms with Crippen LogP contribution in [-0.4, -0.2) is 83.2 Å². The summed E-state index contributed by atoms with van der Waals surface area (Å²) < 4.78 is 11.9. The predicted molar refractivity (Wildman–Crippen MR) is 140 cm³/mol. The number of nitro benzene ring substituents is 1. The van der Waals surface area contributed by atoms with Gasteiger partial charge < -0.3 is 19.7 Å². The minimum Gasteiger partial charge on any atom is -0.376 e. The van der Waals surface area contributed by atoms with Crippen LogP contribution in [-0.2, 0) is 14.3 Å². The Morgan fingerprint density at radius 3 is 2.49 bits per heavy atom. The molecule has 39 heavy (non-hydrogen) atoms. The van der Waals surface area contributed by atoms with Crippen LogP contribution in [0.1, 0.15) is 52.0 Å². The molecule has 0 aromatic heterocycles. The average molecular weight is 537 g/mol. The Labute approximate surface area is 226 Å². The normalized spacial score (nSPS) is 22.2. The molecule has 2 aromatic rings. The number of piperidine rings is 1. The fourth-order valence-electron chi connectivity index (χ4n) is 5.53. The first kappa shape index (κ1) is 26.8. The van der Waals surface area contributed by atoms with Gasteiger partial charge in [-0.05, 0) is 38.0 Å². The van der Waals surface area contributed by atoms with Crippen molar-refractivity contribution in [2.24, 2.45) is 0 Å². The zero-order valence-corrected chi connectivity index (χ0v) is 21.8. The van der Waals surface area contributed by atoms with Crippen molar-refractivity contribution in [3.8, 4) is 0 Å². The van der Waals surface area contributed by atoms with E-state index in [1.54, 1.807) is 28.0 Å². The molecular formula is C28H32N4O7. The lowest BCUT2D eigenvalue weighted by Crippen LogP contribution is -2.60. The van der Waals surface area contributed by atoms with E-state index >= 15 is 0 Å². The summed E-state index contributed by atoms with van der Waals surface area (Å²) in [4.78, 5) is 54.1. The number of hydrogen-bond acceptors (Lipinski definition) is 7. The van der Waals surface area contributed by atoms with Crippen LogP contribution in [0.3, 0.4) is 0 Å². The topological polar surface area (TPSA) is 131 Å². The second-order valence-corrected chi connectivity index (χ2v) is 10.3. The minimum absolute atomic E-state index is 0.0328. The SMILES string of the molecule is Cc1ccc(C(=O)N2[C@H](C(=O)NC[C@H]3CCCO3)COC23CCN(C(=O)c2cccc([N+](=O)[O-])c2)CC3)cc1. The van der Waals surface area contributed by atoms with Gasteiger partial charge in [-0.3, -0.25) is 29.4 Å². The van der Waals surface area contributed by atoms with Crippen LogP contribution in [0.5, 0.6) is 0 Å². The van der Waals surface area contributed by atoms with Crippen LogP contribution < -0.4 is 5.32 Å². The Bertz CT molecular complexity index is 1250. The number of ether oxygens (including phenoxy) is 2. The maximum atomic E-state index is 13.8. The Balaban J connectivity index is 1.34. The van der Waals surface area contributed by atoms with Crippen molar-refractivity contribution in [2.45, 2.75) is 50.5 Å². The number of benzene rings is 2. The highest BCUT2D eigenvalue weighted by molar-refractivity contribution is 5.99. The molecule has 1 N–H and O–H groups in total. The summed E-state index contributed by atoms with van der Waals surface area (Å²) in [6, 6.07) is 12.0. The first-order valence-electron chi connectivity index (χ1n) is 13.2. The number of hydrogen-bond donors (Lipinski definition) is 1. The van der Waals surface area contributed by atoms with Crippen molar-refractivity contribution >= 4 is 23.4 Å². The van der Waals surface area contributed by atoms with Gasteiger partial charge in [-0.1, -0.05) is 23.8 Å². The van der Waals surface area contributed by atoms with Crippen LogP contribution in [0, 0.1) is 17.0 Å². The summed E-state index contributed by atoms with van der Waals surface area (Å²) in [6.45, 7) is 3.57. The summed E-state index contributed by atoms with van der Waals surface area (Å²) >= 11 is 0. The molecule has 2 atom stereocenters. The lowest BCUT2D eigenvalue weighted by molar-refractivity contribution is -0.384. The lowest BCUT2D eigenvalue weighted by atomic mass is 9.96. The van der Waals surface area contributed by atoms with Gasteiger partial charge in [-0.2, -0.15) is 0 Å². The molecule has 0 saturated carbocycles. The fraction of sp³-hybridized carbons (Fsp3) is 0.464. The highest BCUT2D eigenvalue weighted by Crippen LogP contribution is 2.39. The first-order valence-corrected chi connectivity index (χ1v) is 13.2. The molecule has 11 nitrogen and oxygen atoms in total. The van der Waals surface area contributed by atoms with Crippen LogP contribution in [0.25, 0.3) is 0 Å². The third kappa shape index (κ3) is 5.50. The molecule has 0 radical (unpaired) electrons. The standard InChI is InChI=1S/C28H32N4O7/c1-19-7-9-20(10-8-19)27(35)31-24(25(33)29-17-23-6-3-15-38-23)18-39-28(31)11-13-30(14-12-28)26(34)21-4-2-5-22(16-21)32(36)37/h2,4-5,7-10,16,23-24H,3,6,11-15,17-18H2,1H3,(H,29,33)/t23-,24+/m1/s1. The number of nitrogens with zero attached hydrogens (tertiary/aromatic N) is 3. The van der Waals surface area contributed by atoms with E-state index in [9.17, 15) is 24.5 Å². The number of amides is 3. The molecule has 3 amide bonds. The van der Waals surface area contributed by atoms with E-state index in [1.807, 2.05) is 19.1 Å². The average Bonchev–Trinajstić information content (AvgIpc) is 3.60. The molecule has 0 unspecified atom stereocenters. The second-order valence-electron chi connectivity index (χ2n) is 10.3. The molecule has 3 heterocycles. The summed E-state index contributed by atoms with van der Waals surface area (Å²) in [6.07, 6.45) is 2.42. The third-order valence-electron chi connectivity index (χ3n) is 7.74. The van der Waals surface area contributed by atoms with Gasteiger partial charge in [0.2, 0.25) is 5.91 Å². The number of rotatable bonds is 6. The minimum atomic E-state index is -1.05. The molecular weight excluding hydrogens is 504 g/mol. The molecule has 0 bridgehead atoms. The van der Waals surface area contributed by atoms with Crippen LogP contribution in [0.2, 0.25) is 0 Å². The van der Waals surface area contributed by atoms with Gasteiger partial charge >= 0.3 is 0 Å². The van der Waals surface area contributed by atoms with Gasteiger partial charge in [0.1, 0.15) is 11.8 Å². The number of non-ortho nitro benzene ring substituents is 1. The maximum Gasteiger partial charge on any atom is 0.270 e. The second kappa shape index (κ2) is 11.1. The summed E-state index contributed by atoms with van der Waals surface area (Å²) in [5, 5.41) is 14.1. The van der Waals surface area contributed by atoms with Gasteiger partial charge in [0, 0.05) is 62.3 Å². The Hall–Kier alpha value is -3.83. The number of carbonyl (C=O) groups excluding carboxylic acids is 3. The van der Waals surface area contributed by atoms with Crippen LogP contribution in [0.4, 0.5) is 5.69 Å². The number of likely N-dealkylation sites (tertiary alicyclic amines) is 1. The number of aryl methyl sites for hydroxylation is 1.